The number of hydrogen-bond donors (Lipinski definition) is 1. The fraction of sp³-hybridized carbons (Fsp3) is 0.217. The van der Waals surface area contributed by atoms with Crippen LogP contribution in [0.25, 0.3) is 11.1 Å². The van der Waals surface area contributed by atoms with E-state index in [9.17, 15) is 4.79 Å². The Morgan fingerprint density at radius 3 is 2.61 bits per heavy atom. The highest BCUT2D eigenvalue weighted by Crippen LogP contribution is 2.27. The van der Waals surface area contributed by atoms with E-state index in [0.29, 0.717) is 11.4 Å². The van der Waals surface area contributed by atoms with Crippen LogP contribution in [0, 0.1) is 0 Å². The minimum Gasteiger partial charge on any atom is -0.377 e. The van der Waals surface area contributed by atoms with E-state index in [-0.39, 0.29) is 12.0 Å². The summed E-state index contributed by atoms with van der Waals surface area (Å²) >= 11 is 1.68. The number of hydrogen-bond acceptors (Lipinski definition) is 4. The molecule has 0 spiro atoms. The minimum absolute atomic E-state index is 0.143. The van der Waals surface area contributed by atoms with Gasteiger partial charge in [-0.05, 0) is 42.7 Å². The maximum atomic E-state index is 12.8. The molecule has 1 saturated heterocycles. The van der Waals surface area contributed by atoms with Gasteiger partial charge in [0.2, 0.25) is 0 Å². The van der Waals surface area contributed by atoms with Crippen LogP contribution in [0.2, 0.25) is 0 Å². The maximum Gasteiger partial charge on any atom is 0.257 e. The molecule has 0 saturated carbocycles. The largest absolute Gasteiger partial charge is 0.377 e. The van der Waals surface area contributed by atoms with Crippen molar-refractivity contribution in [3.05, 3.63) is 78.5 Å². The molecule has 1 N–H and O–H groups in total. The fourth-order valence-corrected chi connectivity index (χ4v) is 4.31. The summed E-state index contributed by atoms with van der Waals surface area (Å²) in [5.74, 6) is 1.27. The number of benzene rings is 2. The third kappa shape index (κ3) is 4.61. The van der Waals surface area contributed by atoms with Crippen LogP contribution in [-0.2, 0) is 4.74 Å². The van der Waals surface area contributed by atoms with Crippen LogP contribution < -0.4 is 5.32 Å². The Kier molecular flexibility index (Phi) is 6.04. The molecule has 4 rings (SSSR count). The van der Waals surface area contributed by atoms with Gasteiger partial charge >= 0.3 is 0 Å². The molecule has 1 fully saturated rings. The van der Waals surface area contributed by atoms with E-state index in [1.165, 1.54) is 0 Å². The Bertz CT molecular complexity index is 923. The van der Waals surface area contributed by atoms with Crippen LogP contribution >= 0.6 is 11.8 Å². The molecule has 3 aromatic rings. The first-order valence-electron chi connectivity index (χ1n) is 9.46. The van der Waals surface area contributed by atoms with Crippen LogP contribution in [0.15, 0.2) is 77.8 Å². The Hall–Kier alpha value is -2.63. The van der Waals surface area contributed by atoms with Gasteiger partial charge in [0.25, 0.3) is 5.91 Å². The van der Waals surface area contributed by atoms with Gasteiger partial charge in [-0.25, -0.2) is 4.98 Å². The van der Waals surface area contributed by atoms with Crippen molar-refractivity contribution in [1.82, 2.24) is 4.98 Å². The SMILES string of the molecule is O=C(Nc1ccc(-c2ccccc2)cn1)c1ccccc1SC[C@@H]1CCCO1. The lowest BCUT2D eigenvalue weighted by Gasteiger charge is -2.12. The molecule has 0 bridgehead atoms. The number of rotatable bonds is 6. The summed E-state index contributed by atoms with van der Waals surface area (Å²) in [4.78, 5) is 18.2. The number of carbonyl (C=O) groups excluding carboxylic acids is 1. The van der Waals surface area contributed by atoms with Gasteiger partial charge in [0.05, 0.1) is 11.7 Å². The highest BCUT2D eigenvalue weighted by atomic mass is 32.2. The number of carbonyl (C=O) groups is 1. The molecular weight excluding hydrogens is 368 g/mol. The predicted molar refractivity (Wildman–Crippen MR) is 114 cm³/mol. The number of nitrogens with zero attached hydrogens (tertiary/aromatic N) is 1. The Morgan fingerprint density at radius 2 is 1.86 bits per heavy atom. The quantitative estimate of drug-likeness (QED) is 0.583. The standard InChI is InChI=1S/C23H22N2O2S/c26-23(20-10-4-5-11-21(20)28-16-19-9-6-14-27-19)25-22-13-12-18(15-24-22)17-7-2-1-3-8-17/h1-5,7-8,10-13,15,19H,6,9,14,16H2,(H,24,25,26)/t19-/m0/s1. The van der Waals surface area contributed by atoms with Crippen LogP contribution in [0.5, 0.6) is 0 Å². The van der Waals surface area contributed by atoms with E-state index < -0.39 is 0 Å². The van der Waals surface area contributed by atoms with Crippen molar-refractivity contribution in [2.45, 2.75) is 23.8 Å². The van der Waals surface area contributed by atoms with E-state index in [0.717, 1.165) is 41.2 Å². The number of thioether (sulfide) groups is 1. The molecule has 4 nitrogen and oxygen atoms in total. The minimum atomic E-state index is -0.143. The summed E-state index contributed by atoms with van der Waals surface area (Å²) < 4.78 is 5.69. The smallest absolute Gasteiger partial charge is 0.257 e. The van der Waals surface area contributed by atoms with Crippen molar-refractivity contribution >= 4 is 23.5 Å². The van der Waals surface area contributed by atoms with Gasteiger partial charge in [0.15, 0.2) is 0 Å². The van der Waals surface area contributed by atoms with Gasteiger partial charge < -0.3 is 10.1 Å². The van der Waals surface area contributed by atoms with Gasteiger partial charge in [-0.3, -0.25) is 4.79 Å². The summed E-state index contributed by atoms with van der Waals surface area (Å²) in [7, 11) is 0. The second kappa shape index (κ2) is 9.04. The number of aromatic nitrogens is 1. The van der Waals surface area contributed by atoms with Crippen LogP contribution in [0.1, 0.15) is 23.2 Å². The van der Waals surface area contributed by atoms with Crippen LogP contribution in [-0.4, -0.2) is 29.4 Å². The number of nitrogens with one attached hydrogen (secondary N) is 1. The highest BCUT2D eigenvalue weighted by molar-refractivity contribution is 7.99. The average Bonchev–Trinajstić information content (AvgIpc) is 3.27. The average molecular weight is 391 g/mol. The van der Waals surface area contributed by atoms with E-state index in [1.54, 1.807) is 18.0 Å². The zero-order valence-electron chi connectivity index (χ0n) is 15.5. The normalized spacial score (nSPS) is 16.1. The molecule has 0 aliphatic carbocycles. The fourth-order valence-electron chi connectivity index (χ4n) is 3.19. The molecule has 28 heavy (non-hydrogen) atoms. The topological polar surface area (TPSA) is 51.2 Å². The number of anilines is 1. The van der Waals surface area contributed by atoms with Gasteiger partial charge in [0, 0.05) is 29.0 Å². The summed E-state index contributed by atoms with van der Waals surface area (Å²) in [5.41, 5.74) is 2.79. The summed E-state index contributed by atoms with van der Waals surface area (Å²) in [6.45, 7) is 0.845. The van der Waals surface area contributed by atoms with E-state index in [2.05, 4.69) is 10.3 Å². The van der Waals surface area contributed by atoms with Crippen LogP contribution in [0.3, 0.4) is 0 Å². The van der Waals surface area contributed by atoms with E-state index in [4.69, 9.17) is 4.74 Å². The molecule has 1 amide bonds. The zero-order chi connectivity index (χ0) is 19.2. The summed E-state index contributed by atoms with van der Waals surface area (Å²) in [5, 5.41) is 2.91. The second-order valence-electron chi connectivity index (χ2n) is 6.69. The van der Waals surface area contributed by atoms with E-state index in [1.807, 2.05) is 66.7 Å². The molecule has 5 heteroatoms. The molecule has 2 aromatic carbocycles. The molecule has 1 atom stereocenters. The van der Waals surface area contributed by atoms with Gasteiger partial charge in [-0.2, -0.15) is 0 Å². The van der Waals surface area contributed by atoms with Crippen molar-refractivity contribution in [2.24, 2.45) is 0 Å². The zero-order valence-corrected chi connectivity index (χ0v) is 16.3. The Balaban J connectivity index is 1.43. The molecule has 2 heterocycles. The molecule has 1 aliphatic heterocycles. The molecule has 142 valence electrons. The third-order valence-corrected chi connectivity index (χ3v) is 5.90. The Labute approximate surface area is 169 Å². The van der Waals surface area contributed by atoms with Crippen LogP contribution in [0.4, 0.5) is 5.82 Å². The lowest BCUT2D eigenvalue weighted by Crippen LogP contribution is -2.14. The summed E-state index contributed by atoms with van der Waals surface area (Å²) in [6, 6.07) is 21.5. The van der Waals surface area contributed by atoms with Crippen molar-refractivity contribution < 1.29 is 9.53 Å². The van der Waals surface area contributed by atoms with Crippen molar-refractivity contribution in [2.75, 3.05) is 17.7 Å². The predicted octanol–water partition coefficient (Wildman–Crippen LogP) is 5.27. The van der Waals surface area contributed by atoms with E-state index >= 15 is 0 Å². The maximum absolute atomic E-state index is 12.8. The molecule has 1 aromatic heterocycles. The second-order valence-corrected chi connectivity index (χ2v) is 7.76. The monoisotopic (exact) mass is 390 g/mol. The number of ether oxygens (including phenoxy) is 1. The van der Waals surface area contributed by atoms with Crippen molar-refractivity contribution in [3.63, 3.8) is 0 Å². The third-order valence-electron chi connectivity index (χ3n) is 4.69. The number of pyridine rings is 1. The molecule has 1 aliphatic rings. The first kappa shape index (κ1) is 18.7. The summed E-state index contributed by atoms with van der Waals surface area (Å²) in [6.07, 6.45) is 4.29. The lowest BCUT2D eigenvalue weighted by atomic mass is 10.1. The molecule has 0 radical (unpaired) electrons. The van der Waals surface area contributed by atoms with Gasteiger partial charge in [-0.1, -0.05) is 42.5 Å². The van der Waals surface area contributed by atoms with Crippen molar-refractivity contribution in [3.8, 4) is 11.1 Å². The van der Waals surface area contributed by atoms with Gasteiger partial charge in [0.1, 0.15) is 5.82 Å². The molecule has 0 unspecified atom stereocenters. The first-order chi connectivity index (χ1) is 13.8. The first-order valence-corrected chi connectivity index (χ1v) is 10.4. The number of amides is 1. The Morgan fingerprint density at radius 1 is 1.04 bits per heavy atom. The highest BCUT2D eigenvalue weighted by Gasteiger charge is 2.18. The van der Waals surface area contributed by atoms with Gasteiger partial charge in [-0.15, -0.1) is 11.8 Å². The molecular formula is C23H22N2O2S. The van der Waals surface area contributed by atoms with Crippen molar-refractivity contribution in [1.29, 1.82) is 0 Å². The lowest BCUT2D eigenvalue weighted by molar-refractivity contribution is 0.102.